The van der Waals surface area contributed by atoms with E-state index in [0.717, 1.165) is 28.9 Å². The molecule has 0 atom stereocenters. The van der Waals surface area contributed by atoms with Gasteiger partial charge in [-0.05, 0) is 17.5 Å². The monoisotopic (exact) mass is 203 g/mol. The standard InChI is InChI=1S/C13H17NO/c1-4-12-7-5-6-8-13(12)10-9-11(2)14(3)15/h4-8H,1,9-10H2,2-3H3/b14-11+. The topological polar surface area (TPSA) is 26.1 Å². The van der Waals surface area contributed by atoms with E-state index in [1.54, 1.807) is 0 Å². The van der Waals surface area contributed by atoms with Crippen LogP contribution in [0.2, 0.25) is 0 Å². The molecule has 0 N–H and O–H groups in total. The second kappa shape index (κ2) is 5.35. The maximum Gasteiger partial charge on any atom is 0.160 e. The van der Waals surface area contributed by atoms with Gasteiger partial charge in [0, 0.05) is 13.3 Å². The lowest BCUT2D eigenvalue weighted by Gasteiger charge is -2.06. The second-order valence-corrected chi connectivity index (χ2v) is 3.64. The summed E-state index contributed by atoms with van der Waals surface area (Å²) in [5.74, 6) is 0. The Balaban J connectivity index is 2.73. The van der Waals surface area contributed by atoms with Gasteiger partial charge in [-0.15, -0.1) is 0 Å². The van der Waals surface area contributed by atoms with Crippen molar-refractivity contribution in [3.05, 3.63) is 47.2 Å². The first kappa shape index (κ1) is 11.5. The van der Waals surface area contributed by atoms with E-state index >= 15 is 0 Å². The fourth-order valence-corrected chi connectivity index (χ4v) is 1.43. The molecule has 0 bridgehead atoms. The summed E-state index contributed by atoms with van der Waals surface area (Å²) in [7, 11) is 1.54. The van der Waals surface area contributed by atoms with Crippen LogP contribution in [0.1, 0.15) is 24.5 Å². The van der Waals surface area contributed by atoms with Crippen LogP contribution >= 0.6 is 0 Å². The average Bonchev–Trinajstić information content (AvgIpc) is 2.26. The van der Waals surface area contributed by atoms with E-state index < -0.39 is 0 Å². The van der Waals surface area contributed by atoms with Gasteiger partial charge in [0.2, 0.25) is 0 Å². The fourth-order valence-electron chi connectivity index (χ4n) is 1.43. The van der Waals surface area contributed by atoms with Crippen molar-refractivity contribution in [2.24, 2.45) is 0 Å². The first-order chi connectivity index (χ1) is 7.15. The van der Waals surface area contributed by atoms with Crippen molar-refractivity contribution in [2.75, 3.05) is 7.05 Å². The highest BCUT2D eigenvalue weighted by molar-refractivity contribution is 5.77. The van der Waals surface area contributed by atoms with Crippen molar-refractivity contribution in [3.8, 4) is 0 Å². The minimum Gasteiger partial charge on any atom is -0.624 e. The lowest BCUT2D eigenvalue weighted by molar-refractivity contribution is -0.424. The summed E-state index contributed by atoms with van der Waals surface area (Å²) < 4.78 is 0.927. The molecule has 0 spiro atoms. The number of nitrogens with zero attached hydrogens (tertiary/aromatic N) is 1. The largest absolute Gasteiger partial charge is 0.624 e. The van der Waals surface area contributed by atoms with Crippen LogP contribution in [0.15, 0.2) is 30.8 Å². The first-order valence-electron chi connectivity index (χ1n) is 5.08. The predicted molar refractivity (Wildman–Crippen MR) is 65.1 cm³/mol. The normalized spacial score (nSPS) is 12.1. The zero-order chi connectivity index (χ0) is 11.3. The zero-order valence-corrected chi connectivity index (χ0v) is 9.36. The fraction of sp³-hybridized carbons (Fsp3) is 0.308. The molecule has 0 saturated carbocycles. The molecular formula is C13H17NO. The number of hydrogen-bond donors (Lipinski definition) is 0. The highest BCUT2D eigenvalue weighted by Gasteiger charge is 2.03. The Morgan fingerprint density at radius 1 is 1.47 bits per heavy atom. The highest BCUT2D eigenvalue weighted by atomic mass is 16.5. The van der Waals surface area contributed by atoms with Gasteiger partial charge in [0.1, 0.15) is 7.05 Å². The van der Waals surface area contributed by atoms with Gasteiger partial charge < -0.3 is 5.21 Å². The SMILES string of the molecule is C=Cc1ccccc1CC/C(C)=[N+](\C)[O-]. The van der Waals surface area contributed by atoms with Crippen LogP contribution in [0.4, 0.5) is 0 Å². The molecule has 80 valence electrons. The van der Waals surface area contributed by atoms with E-state index in [0.29, 0.717) is 0 Å². The lowest BCUT2D eigenvalue weighted by atomic mass is 10.0. The Bertz CT molecular complexity index is 376. The Morgan fingerprint density at radius 3 is 2.73 bits per heavy atom. The quantitative estimate of drug-likeness (QED) is 0.320. The highest BCUT2D eigenvalue weighted by Crippen LogP contribution is 2.12. The van der Waals surface area contributed by atoms with Gasteiger partial charge in [-0.1, -0.05) is 36.9 Å². The van der Waals surface area contributed by atoms with Gasteiger partial charge in [0.15, 0.2) is 5.71 Å². The zero-order valence-electron chi connectivity index (χ0n) is 9.36. The van der Waals surface area contributed by atoms with Gasteiger partial charge in [0.25, 0.3) is 0 Å². The van der Waals surface area contributed by atoms with Crippen molar-refractivity contribution in [1.29, 1.82) is 0 Å². The van der Waals surface area contributed by atoms with Crippen LogP contribution in [0.25, 0.3) is 6.08 Å². The van der Waals surface area contributed by atoms with E-state index in [9.17, 15) is 5.21 Å². The van der Waals surface area contributed by atoms with Gasteiger partial charge in [0.05, 0.1) is 0 Å². The Labute approximate surface area is 91.1 Å². The number of aryl methyl sites for hydroxylation is 1. The van der Waals surface area contributed by atoms with Gasteiger partial charge in [-0.2, -0.15) is 0 Å². The molecule has 0 saturated heterocycles. The van der Waals surface area contributed by atoms with E-state index in [4.69, 9.17) is 0 Å². The third-order valence-electron chi connectivity index (χ3n) is 2.57. The van der Waals surface area contributed by atoms with Crippen LogP contribution in [0.3, 0.4) is 0 Å². The third kappa shape index (κ3) is 3.24. The molecule has 1 aromatic carbocycles. The van der Waals surface area contributed by atoms with Crippen molar-refractivity contribution < 1.29 is 4.74 Å². The van der Waals surface area contributed by atoms with Gasteiger partial charge >= 0.3 is 0 Å². The second-order valence-electron chi connectivity index (χ2n) is 3.64. The van der Waals surface area contributed by atoms with Gasteiger partial charge in [-0.25, -0.2) is 4.74 Å². The van der Waals surface area contributed by atoms with Crippen LogP contribution in [0.5, 0.6) is 0 Å². The summed E-state index contributed by atoms with van der Waals surface area (Å²) in [6, 6.07) is 8.13. The summed E-state index contributed by atoms with van der Waals surface area (Å²) in [5.41, 5.74) is 3.25. The van der Waals surface area contributed by atoms with Crippen LogP contribution < -0.4 is 0 Å². The number of hydroxylamine groups is 1. The molecule has 0 aromatic heterocycles. The van der Waals surface area contributed by atoms with Crippen molar-refractivity contribution in [3.63, 3.8) is 0 Å². The molecule has 0 heterocycles. The molecule has 15 heavy (non-hydrogen) atoms. The minimum atomic E-state index is 0.796. The molecule has 1 rings (SSSR count). The molecule has 2 heteroatoms. The Hall–Kier alpha value is -1.57. The molecule has 0 fully saturated rings. The van der Waals surface area contributed by atoms with E-state index in [2.05, 4.69) is 12.6 Å². The third-order valence-corrected chi connectivity index (χ3v) is 2.57. The van der Waals surface area contributed by atoms with Crippen LogP contribution in [0, 0.1) is 5.21 Å². The molecule has 0 aliphatic rings. The minimum absolute atomic E-state index is 0.796. The summed E-state index contributed by atoms with van der Waals surface area (Å²) in [6.45, 7) is 5.64. The van der Waals surface area contributed by atoms with Crippen LogP contribution in [-0.2, 0) is 6.42 Å². The van der Waals surface area contributed by atoms with Crippen LogP contribution in [-0.4, -0.2) is 17.5 Å². The molecule has 2 nitrogen and oxygen atoms in total. The van der Waals surface area contributed by atoms with Gasteiger partial charge in [-0.3, -0.25) is 0 Å². The maximum atomic E-state index is 11.0. The molecule has 0 aliphatic heterocycles. The van der Waals surface area contributed by atoms with Crippen molar-refractivity contribution >= 4 is 11.8 Å². The Kier molecular flexibility index (Phi) is 4.10. The Morgan fingerprint density at radius 2 is 2.13 bits per heavy atom. The number of benzene rings is 1. The smallest absolute Gasteiger partial charge is 0.160 e. The summed E-state index contributed by atoms with van der Waals surface area (Å²) >= 11 is 0. The molecular weight excluding hydrogens is 186 g/mol. The van der Waals surface area contributed by atoms with E-state index in [-0.39, 0.29) is 0 Å². The summed E-state index contributed by atoms with van der Waals surface area (Å²) in [5, 5.41) is 11.0. The molecule has 0 unspecified atom stereocenters. The van der Waals surface area contributed by atoms with E-state index in [1.807, 2.05) is 31.2 Å². The summed E-state index contributed by atoms with van der Waals surface area (Å²) in [6.07, 6.45) is 3.54. The van der Waals surface area contributed by atoms with E-state index in [1.165, 1.54) is 12.6 Å². The number of rotatable bonds is 4. The first-order valence-corrected chi connectivity index (χ1v) is 5.08. The maximum absolute atomic E-state index is 11.0. The van der Waals surface area contributed by atoms with Crippen molar-refractivity contribution in [1.82, 2.24) is 0 Å². The predicted octanol–water partition coefficient (Wildman–Crippen LogP) is 2.86. The summed E-state index contributed by atoms with van der Waals surface area (Å²) in [4.78, 5) is 0. The molecule has 1 aromatic rings. The molecule has 0 radical (unpaired) electrons. The molecule has 0 aliphatic carbocycles. The average molecular weight is 203 g/mol. The molecule has 0 amide bonds. The van der Waals surface area contributed by atoms with Crippen molar-refractivity contribution in [2.45, 2.75) is 19.8 Å². The number of hydrogen-bond acceptors (Lipinski definition) is 1. The lowest BCUT2D eigenvalue weighted by Crippen LogP contribution is -2.08.